The number of benzene rings is 1. The molecule has 9 nitrogen and oxygen atoms in total. The van der Waals surface area contributed by atoms with Gasteiger partial charge in [0.15, 0.2) is 0 Å². The van der Waals surface area contributed by atoms with Crippen LogP contribution in [0.4, 0.5) is 0 Å². The summed E-state index contributed by atoms with van der Waals surface area (Å²) in [6, 6.07) is 13.3. The summed E-state index contributed by atoms with van der Waals surface area (Å²) in [5.74, 6) is 0.375. The van der Waals surface area contributed by atoms with Crippen molar-refractivity contribution in [2.45, 2.75) is 37.8 Å². The number of pyridine rings is 1. The number of hydrogen-bond donors (Lipinski definition) is 1. The fourth-order valence-electron chi connectivity index (χ4n) is 4.53. The molecule has 1 aliphatic rings. The van der Waals surface area contributed by atoms with E-state index in [2.05, 4.69) is 20.1 Å². The lowest BCUT2D eigenvalue weighted by molar-refractivity contribution is 0.0112. The summed E-state index contributed by atoms with van der Waals surface area (Å²) in [5, 5.41) is 14.8. The summed E-state index contributed by atoms with van der Waals surface area (Å²) in [5.41, 5.74) is 1.72. The van der Waals surface area contributed by atoms with Crippen molar-refractivity contribution in [3.05, 3.63) is 76.9 Å². The van der Waals surface area contributed by atoms with Crippen LogP contribution in [-0.2, 0) is 12.1 Å². The Bertz CT molecular complexity index is 1500. The molecule has 160 valence electrons. The van der Waals surface area contributed by atoms with Gasteiger partial charge >= 0.3 is 0 Å². The molecule has 9 heteroatoms. The highest BCUT2D eigenvalue weighted by atomic mass is 16.5. The van der Waals surface area contributed by atoms with E-state index < -0.39 is 5.60 Å². The van der Waals surface area contributed by atoms with Gasteiger partial charge in [0.2, 0.25) is 5.82 Å². The Morgan fingerprint density at radius 1 is 1.03 bits per heavy atom. The molecule has 0 spiro atoms. The zero-order chi connectivity index (χ0) is 21.7. The molecule has 0 aliphatic heterocycles. The first-order valence-electron chi connectivity index (χ1n) is 10.6. The molecule has 0 radical (unpaired) electrons. The Kier molecular flexibility index (Phi) is 4.19. The normalized spacial score (nSPS) is 15.7. The first-order valence-corrected chi connectivity index (χ1v) is 10.6. The Morgan fingerprint density at radius 3 is 2.59 bits per heavy atom. The second-order valence-electron chi connectivity index (χ2n) is 8.17. The van der Waals surface area contributed by atoms with Gasteiger partial charge < -0.3 is 9.63 Å². The van der Waals surface area contributed by atoms with Crippen LogP contribution in [0.2, 0.25) is 0 Å². The molecule has 0 saturated heterocycles. The van der Waals surface area contributed by atoms with Crippen molar-refractivity contribution in [3.63, 3.8) is 0 Å². The zero-order valence-electron chi connectivity index (χ0n) is 17.2. The fourth-order valence-corrected chi connectivity index (χ4v) is 4.53. The SMILES string of the molecule is O=c1c2c(-c3noc(C4(O)CCCC4)n3)ncn2c2ccccc2n1Cc1ccccn1. The van der Waals surface area contributed by atoms with Crippen LogP contribution < -0.4 is 5.56 Å². The number of fused-ring (bicyclic) bond motifs is 3. The van der Waals surface area contributed by atoms with Crippen LogP contribution >= 0.6 is 0 Å². The van der Waals surface area contributed by atoms with Crippen LogP contribution in [0, 0.1) is 0 Å². The van der Waals surface area contributed by atoms with Crippen LogP contribution in [0.15, 0.2) is 64.3 Å². The monoisotopic (exact) mass is 428 g/mol. The minimum absolute atomic E-state index is 0.181. The highest BCUT2D eigenvalue weighted by Gasteiger charge is 2.39. The van der Waals surface area contributed by atoms with Crippen LogP contribution in [0.25, 0.3) is 28.1 Å². The molecule has 4 heterocycles. The van der Waals surface area contributed by atoms with Crippen molar-refractivity contribution in [1.29, 1.82) is 0 Å². The van der Waals surface area contributed by atoms with E-state index in [1.54, 1.807) is 21.5 Å². The zero-order valence-corrected chi connectivity index (χ0v) is 17.2. The summed E-state index contributed by atoms with van der Waals surface area (Å²) < 4.78 is 8.83. The molecule has 1 saturated carbocycles. The highest BCUT2D eigenvalue weighted by Crippen LogP contribution is 2.38. The van der Waals surface area contributed by atoms with Gasteiger partial charge in [-0.25, -0.2) is 4.98 Å². The molecule has 1 aliphatic carbocycles. The molecule has 0 amide bonds. The van der Waals surface area contributed by atoms with Crippen molar-refractivity contribution in [1.82, 2.24) is 29.1 Å². The molecular formula is C23H20N6O3. The van der Waals surface area contributed by atoms with E-state index in [0.717, 1.165) is 29.6 Å². The highest BCUT2D eigenvalue weighted by molar-refractivity contribution is 5.83. The smallest absolute Gasteiger partial charge is 0.278 e. The van der Waals surface area contributed by atoms with E-state index in [1.807, 2.05) is 42.5 Å². The molecular weight excluding hydrogens is 408 g/mol. The standard InChI is InChI=1S/C23H20N6O3/c30-21-19-18(20-26-22(32-27-20)23(31)10-4-5-11-23)25-14-29(19)17-9-2-1-8-16(17)28(21)13-15-7-3-6-12-24-15/h1-3,6-9,12,14,31H,4-5,10-11,13H2. The summed E-state index contributed by atoms with van der Waals surface area (Å²) in [4.78, 5) is 26.9. The third-order valence-electron chi connectivity index (χ3n) is 6.16. The van der Waals surface area contributed by atoms with Gasteiger partial charge in [-0.15, -0.1) is 0 Å². The first-order chi connectivity index (χ1) is 15.6. The maximum absolute atomic E-state index is 13.7. The minimum Gasteiger partial charge on any atom is -0.380 e. The molecule has 4 aromatic heterocycles. The largest absolute Gasteiger partial charge is 0.380 e. The Morgan fingerprint density at radius 2 is 1.81 bits per heavy atom. The third-order valence-corrected chi connectivity index (χ3v) is 6.16. The summed E-state index contributed by atoms with van der Waals surface area (Å²) in [6.45, 7) is 0.318. The maximum atomic E-state index is 13.7. The average Bonchev–Trinajstić information content (AvgIpc) is 3.57. The quantitative estimate of drug-likeness (QED) is 0.468. The molecule has 1 N–H and O–H groups in total. The predicted octanol–water partition coefficient (Wildman–Crippen LogP) is 2.90. The third kappa shape index (κ3) is 2.85. The van der Waals surface area contributed by atoms with E-state index in [4.69, 9.17) is 4.52 Å². The van der Waals surface area contributed by atoms with Crippen molar-refractivity contribution in [2.24, 2.45) is 0 Å². The van der Waals surface area contributed by atoms with Gasteiger partial charge in [0, 0.05) is 6.20 Å². The topological polar surface area (TPSA) is 111 Å². The van der Waals surface area contributed by atoms with E-state index >= 15 is 0 Å². The Labute approximate surface area is 182 Å². The molecule has 0 bridgehead atoms. The van der Waals surface area contributed by atoms with Gasteiger partial charge in [-0.2, -0.15) is 4.98 Å². The maximum Gasteiger partial charge on any atom is 0.278 e. The second-order valence-corrected chi connectivity index (χ2v) is 8.17. The summed E-state index contributed by atoms with van der Waals surface area (Å²) in [6.07, 6.45) is 6.29. The predicted molar refractivity (Wildman–Crippen MR) is 116 cm³/mol. The van der Waals surface area contributed by atoms with E-state index in [-0.39, 0.29) is 17.3 Å². The van der Waals surface area contributed by atoms with Gasteiger partial charge in [-0.3, -0.25) is 18.7 Å². The summed E-state index contributed by atoms with van der Waals surface area (Å²) >= 11 is 0. The van der Waals surface area contributed by atoms with Gasteiger partial charge in [0.05, 0.1) is 23.3 Å². The number of hydrogen-bond acceptors (Lipinski definition) is 7. The number of aliphatic hydroxyl groups is 1. The summed E-state index contributed by atoms with van der Waals surface area (Å²) in [7, 11) is 0. The van der Waals surface area contributed by atoms with Crippen LogP contribution in [0.1, 0.15) is 37.3 Å². The number of nitrogens with zero attached hydrogens (tertiary/aromatic N) is 6. The minimum atomic E-state index is -1.10. The van der Waals surface area contributed by atoms with Crippen molar-refractivity contribution in [2.75, 3.05) is 0 Å². The number of para-hydroxylation sites is 2. The number of imidazole rings is 1. The molecule has 0 unspecified atom stereocenters. The van der Waals surface area contributed by atoms with Crippen LogP contribution in [-0.4, -0.2) is 34.2 Å². The molecule has 0 atom stereocenters. The molecule has 32 heavy (non-hydrogen) atoms. The molecule has 1 aromatic carbocycles. The van der Waals surface area contributed by atoms with Gasteiger partial charge in [0.25, 0.3) is 11.4 Å². The lowest BCUT2D eigenvalue weighted by atomic mass is 10.0. The lowest BCUT2D eigenvalue weighted by Crippen LogP contribution is -2.24. The van der Waals surface area contributed by atoms with Crippen molar-refractivity contribution in [3.8, 4) is 11.5 Å². The van der Waals surface area contributed by atoms with E-state index in [1.165, 1.54) is 0 Å². The van der Waals surface area contributed by atoms with Crippen LogP contribution in [0.3, 0.4) is 0 Å². The molecule has 1 fully saturated rings. The second kappa shape index (κ2) is 7.10. The van der Waals surface area contributed by atoms with Gasteiger partial charge in [-0.1, -0.05) is 23.4 Å². The Balaban J connectivity index is 1.56. The fraction of sp³-hybridized carbons (Fsp3) is 0.261. The Hall–Kier alpha value is -3.85. The number of aromatic nitrogens is 6. The molecule has 6 rings (SSSR count). The average molecular weight is 428 g/mol. The van der Waals surface area contributed by atoms with Crippen molar-refractivity contribution < 1.29 is 9.63 Å². The first kappa shape index (κ1) is 18.9. The van der Waals surface area contributed by atoms with Gasteiger partial charge in [0.1, 0.15) is 23.1 Å². The van der Waals surface area contributed by atoms with Crippen LogP contribution in [0.5, 0.6) is 0 Å². The van der Waals surface area contributed by atoms with Crippen molar-refractivity contribution >= 4 is 16.6 Å². The molecule has 5 aromatic rings. The van der Waals surface area contributed by atoms with Gasteiger partial charge in [-0.05, 0) is 49.9 Å². The van der Waals surface area contributed by atoms with E-state index in [0.29, 0.717) is 30.6 Å². The lowest BCUT2D eigenvalue weighted by Gasteiger charge is -2.15. The number of rotatable bonds is 4. The van der Waals surface area contributed by atoms with E-state index in [9.17, 15) is 9.90 Å².